The van der Waals surface area contributed by atoms with Gasteiger partial charge in [-0.2, -0.15) is 5.26 Å². The maximum Gasteiger partial charge on any atom is 0.187 e. The Morgan fingerprint density at radius 3 is 2.59 bits per heavy atom. The lowest BCUT2D eigenvalue weighted by atomic mass is 9.97. The number of fused-ring (bicyclic) bond motifs is 1. The van der Waals surface area contributed by atoms with E-state index < -0.39 is 5.92 Å². The Bertz CT molecular complexity index is 852. The standard InChI is InChI=1S/C18H13N3O/c1-2-12-7-9-13(10-8-12)17(22)14(11-19)18-20-15-5-3-4-6-16(15)21-18/h2-10,14H,1H2,(H,20,21). The van der Waals surface area contributed by atoms with Gasteiger partial charge in [0.1, 0.15) is 5.82 Å². The Morgan fingerprint density at radius 2 is 1.95 bits per heavy atom. The number of hydrogen-bond donors (Lipinski definition) is 1. The second-order valence-corrected chi connectivity index (χ2v) is 4.89. The molecular weight excluding hydrogens is 274 g/mol. The Hall–Kier alpha value is -3.19. The number of Topliss-reactive ketones (excluding diaryl/α,β-unsaturated/α-hetero) is 1. The second-order valence-electron chi connectivity index (χ2n) is 4.89. The number of benzene rings is 2. The third-order valence-electron chi connectivity index (χ3n) is 3.50. The molecule has 106 valence electrons. The fourth-order valence-electron chi connectivity index (χ4n) is 2.30. The van der Waals surface area contributed by atoms with E-state index in [2.05, 4.69) is 16.5 Å². The van der Waals surface area contributed by atoms with Crippen LogP contribution < -0.4 is 0 Å². The monoisotopic (exact) mass is 287 g/mol. The molecule has 2 aromatic carbocycles. The number of nitrogens with zero attached hydrogens (tertiary/aromatic N) is 2. The van der Waals surface area contributed by atoms with Crippen molar-refractivity contribution in [2.75, 3.05) is 0 Å². The SMILES string of the molecule is C=Cc1ccc(C(=O)C(C#N)c2nc3ccccc3[nH]2)cc1. The van der Waals surface area contributed by atoms with Gasteiger partial charge in [-0.05, 0) is 17.7 Å². The van der Waals surface area contributed by atoms with Gasteiger partial charge >= 0.3 is 0 Å². The van der Waals surface area contributed by atoms with E-state index in [1.54, 1.807) is 30.3 Å². The summed E-state index contributed by atoms with van der Waals surface area (Å²) in [6.45, 7) is 3.68. The zero-order valence-electron chi connectivity index (χ0n) is 11.8. The van der Waals surface area contributed by atoms with E-state index in [9.17, 15) is 10.1 Å². The molecule has 0 saturated heterocycles. The number of aromatic nitrogens is 2. The summed E-state index contributed by atoms with van der Waals surface area (Å²) in [4.78, 5) is 19.9. The van der Waals surface area contributed by atoms with Crippen molar-refractivity contribution in [3.63, 3.8) is 0 Å². The maximum absolute atomic E-state index is 12.5. The Labute approximate surface area is 127 Å². The van der Waals surface area contributed by atoms with Crippen molar-refractivity contribution in [2.45, 2.75) is 5.92 Å². The molecule has 0 amide bonds. The Morgan fingerprint density at radius 1 is 1.23 bits per heavy atom. The number of para-hydroxylation sites is 2. The zero-order chi connectivity index (χ0) is 15.5. The molecule has 4 nitrogen and oxygen atoms in total. The van der Waals surface area contributed by atoms with Gasteiger partial charge in [-0.15, -0.1) is 0 Å². The topological polar surface area (TPSA) is 69.5 Å². The molecule has 0 spiro atoms. The van der Waals surface area contributed by atoms with Gasteiger partial charge in [0.2, 0.25) is 0 Å². The van der Waals surface area contributed by atoms with E-state index in [1.807, 2.05) is 30.3 Å². The van der Waals surface area contributed by atoms with Crippen molar-refractivity contribution in [1.82, 2.24) is 9.97 Å². The van der Waals surface area contributed by atoms with Crippen LogP contribution >= 0.6 is 0 Å². The fraction of sp³-hybridized carbons (Fsp3) is 0.0556. The highest BCUT2D eigenvalue weighted by Crippen LogP contribution is 2.21. The number of imidazole rings is 1. The number of hydrogen-bond acceptors (Lipinski definition) is 3. The van der Waals surface area contributed by atoms with Crippen LogP contribution in [0.4, 0.5) is 0 Å². The first-order valence-corrected chi connectivity index (χ1v) is 6.84. The fourth-order valence-corrected chi connectivity index (χ4v) is 2.30. The molecule has 3 aromatic rings. The van der Waals surface area contributed by atoms with Crippen LogP contribution in [0, 0.1) is 11.3 Å². The van der Waals surface area contributed by atoms with Crippen LogP contribution in [0.2, 0.25) is 0 Å². The van der Waals surface area contributed by atoms with Crippen molar-refractivity contribution in [2.24, 2.45) is 0 Å². The predicted octanol–water partition coefficient (Wildman–Crippen LogP) is 3.70. The van der Waals surface area contributed by atoms with E-state index in [1.165, 1.54) is 0 Å². The number of rotatable bonds is 4. The molecule has 22 heavy (non-hydrogen) atoms. The molecule has 3 rings (SSSR count). The molecular formula is C18H13N3O. The van der Waals surface area contributed by atoms with Gasteiger partial charge in [0.25, 0.3) is 0 Å². The van der Waals surface area contributed by atoms with Crippen molar-refractivity contribution < 1.29 is 4.79 Å². The number of nitrogens with one attached hydrogen (secondary N) is 1. The van der Waals surface area contributed by atoms with E-state index in [4.69, 9.17) is 0 Å². The summed E-state index contributed by atoms with van der Waals surface area (Å²) < 4.78 is 0. The van der Waals surface area contributed by atoms with Crippen molar-refractivity contribution in [3.8, 4) is 6.07 Å². The molecule has 1 aromatic heterocycles. The molecule has 0 aliphatic carbocycles. The second kappa shape index (κ2) is 5.66. The summed E-state index contributed by atoms with van der Waals surface area (Å²) in [7, 11) is 0. The summed E-state index contributed by atoms with van der Waals surface area (Å²) in [6, 6.07) is 16.5. The van der Waals surface area contributed by atoms with Crippen LogP contribution in [0.15, 0.2) is 55.1 Å². The molecule has 1 unspecified atom stereocenters. The molecule has 1 atom stereocenters. The third kappa shape index (κ3) is 2.40. The molecule has 1 N–H and O–H groups in total. The van der Waals surface area contributed by atoms with E-state index >= 15 is 0 Å². The van der Waals surface area contributed by atoms with E-state index in [-0.39, 0.29) is 5.78 Å². The van der Waals surface area contributed by atoms with Crippen LogP contribution in [0.25, 0.3) is 17.1 Å². The highest BCUT2D eigenvalue weighted by atomic mass is 16.1. The van der Waals surface area contributed by atoms with Crippen LogP contribution in [0.5, 0.6) is 0 Å². The average molecular weight is 287 g/mol. The van der Waals surface area contributed by atoms with Crippen molar-refractivity contribution in [3.05, 3.63) is 72.1 Å². The summed E-state index contributed by atoms with van der Waals surface area (Å²) in [5.41, 5.74) is 2.96. The molecule has 1 heterocycles. The highest BCUT2D eigenvalue weighted by molar-refractivity contribution is 6.02. The van der Waals surface area contributed by atoms with Gasteiger partial charge in [0, 0.05) is 5.56 Å². The molecule has 0 aliphatic heterocycles. The average Bonchev–Trinajstić information content (AvgIpc) is 2.99. The number of aromatic amines is 1. The zero-order valence-corrected chi connectivity index (χ0v) is 11.8. The quantitative estimate of drug-likeness (QED) is 0.744. The van der Waals surface area contributed by atoms with Crippen LogP contribution in [-0.4, -0.2) is 15.8 Å². The molecule has 0 fully saturated rings. The smallest absolute Gasteiger partial charge is 0.187 e. The molecule has 0 radical (unpaired) electrons. The lowest BCUT2D eigenvalue weighted by Gasteiger charge is -2.05. The predicted molar refractivity (Wildman–Crippen MR) is 85.3 cm³/mol. The summed E-state index contributed by atoms with van der Waals surface area (Å²) >= 11 is 0. The number of nitriles is 1. The van der Waals surface area contributed by atoms with Gasteiger partial charge in [-0.25, -0.2) is 4.98 Å². The van der Waals surface area contributed by atoms with Gasteiger partial charge in [0.05, 0.1) is 17.1 Å². The number of ketones is 1. The highest BCUT2D eigenvalue weighted by Gasteiger charge is 2.24. The maximum atomic E-state index is 12.5. The molecule has 0 saturated carbocycles. The van der Waals surface area contributed by atoms with Gasteiger partial charge in [-0.3, -0.25) is 4.79 Å². The lowest BCUT2D eigenvalue weighted by Crippen LogP contribution is -2.12. The minimum absolute atomic E-state index is 0.267. The van der Waals surface area contributed by atoms with Gasteiger partial charge in [0.15, 0.2) is 11.7 Å². The van der Waals surface area contributed by atoms with Crippen LogP contribution in [-0.2, 0) is 0 Å². The van der Waals surface area contributed by atoms with Crippen molar-refractivity contribution >= 4 is 22.9 Å². The minimum atomic E-state index is -0.943. The first kappa shape index (κ1) is 13.8. The van der Waals surface area contributed by atoms with Crippen LogP contribution in [0.1, 0.15) is 27.7 Å². The number of H-pyrrole nitrogens is 1. The van der Waals surface area contributed by atoms with E-state index in [0.29, 0.717) is 11.4 Å². The third-order valence-corrected chi connectivity index (χ3v) is 3.50. The molecule has 4 heteroatoms. The first-order valence-electron chi connectivity index (χ1n) is 6.84. The van der Waals surface area contributed by atoms with E-state index in [0.717, 1.165) is 16.6 Å². The van der Waals surface area contributed by atoms with Crippen molar-refractivity contribution in [1.29, 1.82) is 5.26 Å². The summed E-state index contributed by atoms with van der Waals surface area (Å²) in [5.74, 6) is -0.833. The van der Waals surface area contributed by atoms with Crippen LogP contribution in [0.3, 0.4) is 0 Å². The Kier molecular flexibility index (Phi) is 3.55. The molecule has 0 bridgehead atoms. The molecule has 0 aliphatic rings. The first-order chi connectivity index (χ1) is 10.7. The number of carbonyl (C=O) groups is 1. The Balaban J connectivity index is 1.97. The van der Waals surface area contributed by atoms with Gasteiger partial charge < -0.3 is 4.98 Å². The summed E-state index contributed by atoms with van der Waals surface area (Å²) in [6.07, 6.45) is 1.70. The summed E-state index contributed by atoms with van der Waals surface area (Å²) in [5, 5.41) is 9.39. The lowest BCUT2D eigenvalue weighted by molar-refractivity contribution is 0.0976. The minimum Gasteiger partial charge on any atom is -0.340 e. The number of carbonyl (C=O) groups excluding carboxylic acids is 1. The van der Waals surface area contributed by atoms with Gasteiger partial charge in [-0.1, -0.05) is 49.1 Å². The normalized spacial score (nSPS) is 11.8. The largest absolute Gasteiger partial charge is 0.340 e.